The van der Waals surface area contributed by atoms with Crippen LogP contribution in [0.5, 0.6) is 0 Å². The van der Waals surface area contributed by atoms with Gasteiger partial charge in [0, 0.05) is 17.9 Å². The first-order valence-corrected chi connectivity index (χ1v) is 19.9. The molecule has 49 heavy (non-hydrogen) atoms. The van der Waals surface area contributed by atoms with Gasteiger partial charge in [-0.1, -0.05) is 154 Å². The molecule has 0 aromatic rings. The summed E-state index contributed by atoms with van der Waals surface area (Å²) >= 11 is 0. The molecule has 0 aliphatic carbocycles. The Bertz CT molecular complexity index is 662. The van der Waals surface area contributed by atoms with E-state index in [1.807, 2.05) is 0 Å². The minimum atomic E-state index is -0.918. The normalized spacial score (nSPS) is 10.8. The number of hydrogen-bond donors (Lipinski definition) is 0. The van der Waals surface area contributed by atoms with E-state index in [-0.39, 0.29) is 52.0 Å². The standard InChI is InChI=1S/3C14H26O2.Y/c3*1-2-3-4-5-6-7-8-9-10-11-12-13-14(15)16;/h3*5-6H,2-4,7-13H2,1H3,(H,15,16);/q;;;+3/p-3/b3*6-5-;. The number of unbranched alkanes of at least 4 members (excludes halogenated alkanes) is 21. The van der Waals surface area contributed by atoms with Crippen molar-refractivity contribution in [1.29, 1.82) is 0 Å². The molecule has 0 aromatic heterocycles. The maximum absolute atomic E-state index is 10.1. The van der Waals surface area contributed by atoms with E-state index in [2.05, 4.69) is 57.2 Å². The molecule has 0 saturated carbocycles. The number of carboxylic acid groups (broad SMARTS) is 3. The summed E-state index contributed by atoms with van der Waals surface area (Å²) < 4.78 is 0. The molecule has 0 aromatic carbocycles. The average molecular weight is 765 g/mol. The van der Waals surface area contributed by atoms with Crippen LogP contribution in [0.1, 0.15) is 213 Å². The molecule has 7 heteroatoms. The largest absolute Gasteiger partial charge is 3.00 e. The molecule has 0 aliphatic rings. The van der Waals surface area contributed by atoms with Crippen molar-refractivity contribution in [3.63, 3.8) is 0 Å². The van der Waals surface area contributed by atoms with Crippen LogP contribution in [-0.4, -0.2) is 17.9 Å². The zero-order valence-electron chi connectivity index (χ0n) is 32.2. The Morgan fingerprint density at radius 1 is 0.327 bits per heavy atom. The SMILES string of the molecule is CCCC/C=C\CCCCCCCC(=O)[O-].CCCC/C=C\CCCCCCCC(=O)[O-].CCCC/C=C\CCCCCCCC(=O)[O-].[Y+3]. The van der Waals surface area contributed by atoms with Crippen LogP contribution in [0.4, 0.5) is 0 Å². The molecule has 0 unspecified atom stereocenters. The molecule has 0 aliphatic heterocycles. The number of carbonyl (C=O) groups is 3. The monoisotopic (exact) mass is 764 g/mol. The summed E-state index contributed by atoms with van der Waals surface area (Å²) in [7, 11) is 0. The smallest absolute Gasteiger partial charge is 0.550 e. The fraction of sp³-hybridized carbons (Fsp3) is 0.786. The third-order valence-electron chi connectivity index (χ3n) is 7.93. The summed E-state index contributed by atoms with van der Waals surface area (Å²) in [6.45, 7) is 6.63. The van der Waals surface area contributed by atoms with Gasteiger partial charge in [0.05, 0.1) is 0 Å². The molecular weight excluding hydrogens is 689 g/mol. The Labute approximate surface area is 328 Å². The third kappa shape index (κ3) is 65.7. The summed E-state index contributed by atoms with van der Waals surface area (Å²) in [5, 5.41) is 30.4. The van der Waals surface area contributed by atoms with Crippen molar-refractivity contribution in [2.45, 2.75) is 213 Å². The van der Waals surface area contributed by atoms with E-state index in [0.717, 1.165) is 57.8 Å². The molecule has 0 rings (SSSR count). The zero-order valence-corrected chi connectivity index (χ0v) is 35.0. The summed E-state index contributed by atoms with van der Waals surface area (Å²) in [6.07, 6.45) is 45.3. The van der Waals surface area contributed by atoms with Gasteiger partial charge < -0.3 is 29.7 Å². The molecule has 0 N–H and O–H groups in total. The maximum Gasteiger partial charge on any atom is 3.00 e. The van der Waals surface area contributed by atoms with Crippen LogP contribution in [0.15, 0.2) is 36.5 Å². The first-order valence-electron chi connectivity index (χ1n) is 19.9. The van der Waals surface area contributed by atoms with Gasteiger partial charge in [-0.15, -0.1) is 0 Å². The van der Waals surface area contributed by atoms with Gasteiger partial charge in [-0.25, -0.2) is 0 Å². The second-order valence-electron chi connectivity index (χ2n) is 12.9. The van der Waals surface area contributed by atoms with Crippen LogP contribution in [-0.2, 0) is 47.1 Å². The Balaban J connectivity index is -0.000000307. The third-order valence-corrected chi connectivity index (χ3v) is 7.93. The molecule has 0 saturated heterocycles. The molecular formula is C42H75O6Y. The molecule has 0 amide bonds. The van der Waals surface area contributed by atoms with E-state index in [1.165, 1.54) is 116 Å². The van der Waals surface area contributed by atoms with Crippen molar-refractivity contribution in [3.05, 3.63) is 36.5 Å². The van der Waals surface area contributed by atoms with Gasteiger partial charge in [-0.05, 0) is 96.3 Å². The first kappa shape index (κ1) is 54.5. The van der Waals surface area contributed by atoms with Crippen molar-refractivity contribution in [2.75, 3.05) is 0 Å². The molecule has 0 bridgehead atoms. The van der Waals surface area contributed by atoms with Crippen molar-refractivity contribution in [1.82, 2.24) is 0 Å². The number of carbonyl (C=O) groups excluding carboxylic acids is 3. The van der Waals surface area contributed by atoms with Crippen LogP contribution in [0.25, 0.3) is 0 Å². The molecule has 6 nitrogen and oxygen atoms in total. The van der Waals surface area contributed by atoms with Gasteiger partial charge in [-0.3, -0.25) is 0 Å². The summed E-state index contributed by atoms with van der Waals surface area (Å²) in [5.74, 6) is -2.75. The minimum Gasteiger partial charge on any atom is -0.550 e. The number of hydrogen-bond acceptors (Lipinski definition) is 6. The predicted octanol–water partition coefficient (Wildman–Crippen LogP) is 9.64. The molecule has 0 atom stereocenters. The Kier molecular flexibility index (Phi) is 56.9. The topological polar surface area (TPSA) is 120 Å². The van der Waals surface area contributed by atoms with Crippen molar-refractivity contribution in [3.8, 4) is 0 Å². The first-order chi connectivity index (χ1) is 23.3. The molecule has 0 radical (unpaired) electrons. The second-order valence-corrected chi connectivity index (χ2v) is 12.9. The fourth-order valence-corrected chi connectivity index (χ4v) is 4.86. The van der Waals surface area contributed by atoms with E-state index in [0.29, 0.717) is 0 Å². The summed E-state index contributed by atoms with van der Waals surface area (Å²) in [6, 6.07) is 0. The number of aliphatic carboxylic acids is 3. The fourth-order valence-electron chi connectivity index (χ4n) is 4.86. The van der Waals surface area contributed by atoms with Crippen molar-refractivity contribution in [2.24, 2.45) is 0 Å². The summed E-state index contributed by atoms with van der Waals surface area (Å²) in [4.78, 5) is 30.4. The quantitative estimate of drug-likeness (QED) is 0.0485. The molecule has 282 valence electrons. The van der Waals surface area contributed by atoms with E-state index >= 15 is 0 Å². The van der Waals surface area contributed by atoms with Gasteiger partial charge in [0.15, 0.2) is 0 Å². The predicted molar refractivity (Wildman–Crippen MR) is 198 cm³/mol. The second kappa shape index (κ2) is 51.1. The van der Waals surface area contributed by atoms with Gasteiger partial charge >= 0.3 is 32.7 Å². The van der Waals surface area contributed by atoms with Gasteiger partial charge in [0.25, 0.3) is 0 Å². The van der Waals surface area contributed by atoms with Crippen LogP contribution in [0.3, 0.4) is 0 Å². The van der Waals surface area contributed by atoms with Gasteiger partial charge in [0.1, 0.15) is 0 Å². The van der Waals surface area contributed by atoms with Crippen LogP contribution >= 0.6 is 0 Å². The Hall–Kier alpha value is -1.27. The molecule has 0 heterocycles. The van der Waals surface area contributed by atoms with E-state index < -0.39 is 17.9 Å². The van der Waals surface area contributed by atoms with Crippen LogP contribution in [0, 0.1) is 0 Å². The summed E-state index contributed by atoms with van der Waals surface area (Å²) in [5.41, 5.74) is 0. The Morgan fingerprint density at radius 2 is 0.510 bits per heavy atom. The van der Waals surface area contributed by atoms with E-state index in [4.69, 9.17) is 0 Å². The zero-order chi connectivity index (χ0) is 36.2. The maximum atomic E-state index is 10.1. The minimum absolute atomic E-state index is 0. The van der Waals surface area contributed by atoms with E-state index in [9.17, 15) is 29.7 Å². The van der Waals surface area contributed by atoms with Crippen molar-refractivity contribution >= 4 is 17.9 Å². The number of allylic oxidation sites excluding steroid dienone is 6. The number of carboxylic acids is 3. The van der Waals surface area contributed by atoms with Gasteiger partial charge in [-0.2, -0.15) is 0 Å². The average Bonchev–Trinajstić information content (AvgIpc) is 3.05. The molecule has 0 spiro atoms. The molecule has 0 fully saturated rings. The van der Waals surface area contributed by atoms with E-state index in [1.54, 1.807) is 0 Å². The Morgan fingerprint density at radius 3 is 0.714 bits per heavy atom. The van der Waals surface area contributed by atoms with Crippen LogP contribution in [0.2, 0.25) is 0 Å². The van der Waals surface area contributed by atoms with Crippen LogP contribution < -0.4 is 15.3 Å². The number of rotatable bonds is 33. The van der Waals surface area contributed by atoms with Gasteiger partial charge in [0.2, 0.25) is 0 Å². The van der Waals surface area contributed by atoms with Crippen molar-refractivity contribution < 1.29 is 62.4 Å².